The number of benzene rings is 1. The molecular formula is C19H18N2O3S. The molecule has 0 aliphatic carbocycles. The molecule has 0 unspecified atom stereocenters. The van der Waals surface area contributed by atoms with E-state index in [2.05, 4.69) is 16.1 Å². The monoisotopic (exact) mass is 354 g/mol. The average Bonchev–Trinajstić information content (AvgIpc) is 3.24. The molecule has 1 saturated heterocycles. The van der Waals surface area contributed by atoms with E-state index in [1.807, 2.05) is 42.5 Å². The molecule has 4 rings (SSSR count). The van der Waals surface area contributed by atoms with Crippen molar-refractivity contribution in [2.24, 2.45) is 5.16 Å². The SMILES string of the molecule is O=C1ON=C(c2ccccc2)C1=Cc1ccc(N2CCC(O)CC2)s1. The number of carbonyl (C=O) groups is 1. The zero-order chi connectivity index (χ0) is 17.2. The molecule has 0 amide bonds. The van der Waals surface area contributed by atoms with Crippen molar-refractivity contribution in [1.29, 1.82) is 0 Å². The van der Waals surface area contributed by atoms with Crippen LogP contribution in [0.2, 0.25) is 0 Å². The van der Waals surface area contributed by atoms with Gasteiger partial charge in [-0.3, -0.25) is 0 Å². The standard InChI is InChI=1S/C19H18N2O3S/c22-14-8-10-21(11-9-14)17-7-6-15(25-17)12-16-18(20-24-19(16)23)13-4-2-1-3-5-13/h1-7,12,14,22H,8-11H2. The minimum Gasteiger partial charge on any atom is -0.393 e. The summed E-state index contributed by atoms with van der Waals surface area (Å²) in [5.74, 6) is -0.421. The summed E-state index contributed by atoms with van der Waals surface area (Å²) in [6.07, 6.45) is 3.25. The number of piperidine rings is 1. The molecule has 1 aromatic heterocycles. The summed E-state index contributed by atoms with van der Waals surface area (Å²) < 4.78 is 0. The average molecular weight is 354 g/mol. The van der Waals surface area contributed by atoms with Crippen molar-refractivity contribution in [3.63, 3.8) is 0 Å². The number of hydrogen-bond donors (Lipinski definition) is 1. The first kappa shape index (κ1) is 16.1. The van der Waals surface area contributed by atoms with Gasteiger partial charge in [0.1, 0.15) is 5.71 Å². The van der Waals surface area contributed by atoms with Gasteiger partial charge in [0.05, 0.1) is 16.7 Å². The smallest absolute Gasteiger partial charge is 0.368 e. The van der Waals surface area contributed by atoms with Crippen molar-refractivity contribution in [1.82, 2.24) is 0 Å². The maximum Gasteiger partial charge on any atom is 0.368 e. The van der Waals surface area contributed by atoms with Crippen molar-refractivity contribution in [3.05, 3.63) is 58.5 Å². The second kappa shape index (κ2) is 6.82. The zero-order valence-electron chi connectivity index (χ0n) is 13.6. The van der Waals surface area contributed by atoms with Crippen LogP contribution in [0, 0.1) is 0 Å². The normalized spacial score (nSPS) is 20.0. The second-order valence-electron chi connectivity index (χ2n) is 6.14. The van der Waals surface area contributed by atoms with Crippen LogP contribution < -0.4 is 4.90 Å². The van der Waals surface area contributed by atoms with Crippen molar-refractivity contribution in [2.45, 2.75) is 18.9 Å². The molecule has 128 valence electrons. The highest BCUT2D eigenvalue weighted by atomic mass is 32.1. The topological polar surface area (TPSA) is 62.1 Å². The molecule has 1 fully saturated rings. The summed E-state index contributed by atoms with van der Waals surface area (Å²) in [5.41, 5.74) is 1.91. The van der Waals surface area contributed by atoms with E-state index in [-0.39, 0.29) is 6.10 Å². The third-order valence-corrected chi connectivity index (χ3v) is 5.51. The van der Waals surface area contributed by atoms with Gasteiger partial charge >= 0.3 is 5.97 Å². The number of hydrogen-bond acceptors (Lipinski definition) is 6. The van der Waals surface area contributed by atoms with Gasteiger partial charge in [0.15, 0.2) is 0 Å². The molecule has 2 aliphatic rings. The van der Waals surface area contributed by atoms with E-state index < -0.39 is 5.97 Å². The van der Waals surface area contributed by atoms with E-state index in [4.69, 9.17) is 4.84 Å². The van der Waals surface area contributed by atoms with E-state index >= 15 is 0 Å². The highest BCUT2D eigenvalue weighted by Crippen LogP contribution is 2.31. The van der Waals surface area contributed by atoms with Crippen LogP contribution in [0.15, 0.2) is 53.2 Å². The Kier molecular flexibility index (Phi) is 4.38. The van der Waals surface area contributed by atoms with Crippen LogP contribution in [0.3, 0.4) is 0 Å². The molecular weight excluding hydrogens is 336 g/mol. The summed E-state index contributed by atoms with van der Waals surface area (Å²) in [4.78, 5) is 20.2. The molecule has 1 aromatic carbocycles. The maximum absolute atomic E-state index is 12.1. The molecule has 0 saturated carbocycles. The number of aliphatic hydroxyl groups excluding tert-OH is 1. The van der Waals surface area contributed by atoms with Gasteiger partial charge in [-0.05, 0) is 31.1 Å². The first-order chi connectivity index (χ1) is 12.2. The maximum atomic E-state index is 12.1. The van der Waals surface area contributed by atoms with Gasteiger partial charge in [-0.25, -0.2) is 4.79 Å². The highest BCUT2D eigenvalue weighted by molar-refractivity contribution is 7.17. The fraction of sp³-hybridized carbons (Fsp3) is 0.263. The van der Waals surface area contributed by atoms with E-state index in [1.54, 1.807) is 11.3 Å². The van der Waals surface area contributed by atoms with E-state index in [0.29, 0.717) is 11.3 Å². The summed E-state index contributed by atoms with van der Waals surface area (Å²) in [6.45, 7) is 1.72. The van der Waals surface area contributed by atoms with Crippen LogP contribution in [0.5, 0.6) is 0 Å². The molecule has 0 bridgehead atoms. The first-order valence-electron chi connectivity index (χ1n) is 8.30. The Morgan fingerprint density at radius 2 is 1.92 bits per heavy atom. The quantitative estimate of drug-likeness (QED) is 0.680. The third kappa shape index (κ3) is 3.36. The number of oxime groups is 1. The van der Waals surface area contributed by atoms with Gasteiger partial charge in [0, 0.05) is 23.5 Å². The molecule has 3 heterocycles. The Hall–Kier alpha value is -2.44. The predicted octanol–water partition coefficient (Wildman–Crippen LogP) is 3.05. The van der Waals surface area contributed by atoms with Gasteiger partial charge in [0.2, 0.25) is 0 Å². The highest BCUT2D eigenvalue weighted by Gasteiger charge is 2.27. The lowest BCUT2D eigenvalue weighted by atomic mass is 10.0. The van der Waals surface area contributed by atoms with Crippen molar-refractivity contribution in [2.75, 3.05) is 18.0 Å². The minimum atomic E-state index is -0.421. The Morgan fingerprint density at radius 3 is 2.68 bits per heavy atom. The molecule has 0 radical (unpaired) electrons. The van der Waals surface area contributed by atoms with Crippen LogP contribution in [-0.4, -0.2) is 36.0 Å². The molecule has 1 N–H and O–H groups in total. The fourth-order valence-electron chi connectivity index (χ4n) is 3.03. The van der Waals surface area contributed by atoms with E-state index in [9.17, 15) is 9.90 Å². The predicted molar refractivity (Wildman–Crippen MR) is 98.8 cm³/mol. The van der Waals surface area contributed by atoms with Crippen molar-refractivity contribution < 1.29 is 14.7 Å². The van der Waals surface area contributed by atoms with Crippen LogP contribution in [0.1, 0.15) is 23.3 Å². The lowest BCUT2D eigenvalue weighted by Gasteiger charge is -2.30. The molecule has 0 atom stereocenters. The Bertz CT molecular complexity index is 833. The van der Waals surface area contributed by atoms with E-state index in [1.165, 1.54) is 0 Å². The van der Waals surface area contributed by atoms with E-state index in [0.717, 1.165) is 41.4 Å². The third-order valence-electron chi connectivity index (χ3n) is 4.42. The molecule has 25 heavy (non-hydrogen) atoms. The van der Waals surface area contributed by atoms with Gasteiger partial charge in [-0.1, -0.05) is 35.5 Å². The Morgan fingerprint density at radius 1 is 1.16 bits per heavy atom. The summed E-state index contributed by atoms with van der Waals surface area (Å²) in [7, 11) is 0. The lowest BCUT2D eigenvalue weighted by Crippen LogP contribution is -2.35. The Labute approximate surface area is 149 Å². The number of nitrogens with zero attached hydrogens (tertiary/aromatic N) is 2. The zero-order valence-corrected chi connectivity index (χ0v) is 14.4. The largest absolute Gasteiger partial charge is 0.393 e. The van der Waals surface area contributed by atoms with Crippen LogP contribution in [0.4, 0.5) is 5.00 Å². The van der Waals surface area contributed by atoms with Crippen LogP contribution in [0.25, 0.3) is 6.08 Å². The minimum absolute atomic E-state index is 0.185. The number of carbonyl (C=O) groups excluding carboxylic acids is 1. The summed E-state index contributed by atoms with van der Waals surface area (Å²) in [6, 6.07) is 13.6. The van der Waals surface area contributed by atoms with Crippen molar-refractivity contribution in [3.8, 4) is 0 Å². The second-order valence-corrected chi connectivity index (χ2v) is 7.23. The molecule has 0 spiro atoms. The van der Waals surface area contributed by atoms with Gasteiger partial charge in [0.25, 0.3) is 0 Å². The Balaban J connectivity index is 1.58. The molecule has 5 nitrogen and oxygen atoms in total. The number of thiophene rings is 1. The molecule has 2 aromatic rings. The fourth-order valence-corrected chi connectivity index (χ4v) is 4.03. The number of aliphatic hydroxyl groups is 1. The van der Waals surface area contributed by atoms with Gasteiger partial charge in [-0.15, -0.1) is 11.3 Å². The molecule has 6 heteroatoms. The summed E-state index contributed by atoms with van der Waals surface area (Å²) in [5, 5.41) is 14.7. The van der Waals surface area contributed by atoms with Gasteiger partial charge < -0.3 is 14.8 Å². The first-order valence-corrected chi connectivity index (χ1v) is 9.12. The van der Waals surface area contributed by atoms with Crippen LogP contribution in [-0.2, 0) is 9.63 Å². The molecule has 2 aliphatic heterocycles. The number of rotatable bonds is 3. The number of anilines is 1. The van der Waals surface area contributed by atoms with Gasteiger partial charge in [-0.2, -0.15) is 0 Å². The van der Waals surface area contributed by atoms with Crippen molar-refractivity contribution >= 4 is 34.1 Å². The summed E-state index contributed by atoms with van der Waals surface area (Å²) >= 11 is 1.63. The van der Waals surface area contributed by atoms with Crippen LogP contribution >= 0.6 is 11.3 Å². The lowest BCUT2D eigenvalue weighted by molar-refractivity contribution is -0.136.